The van der Waals surface area contributed by atoms with Crippen molar-refractivity contribution < 1.29 is 14.3 Å². The minimum atomic E-state index is -0.621. The molecule has 1 aromatic heterocycles. The number of amides is 1. The first kappa shape index (κ1) is 17.7. The summed E-state index contributed by atoms with van der Waals surface area (Å²) in [6.07, 6.45) is 2.77. The molecule has 1 amide bonds. The molecule has 24 heavy (non-hydrogen) atoms. The Morgan fingerprint density at radius 3 is 2.67 bits per heavy atom. The first-order valence-corrected chi connectivity index (χ1v) is 7.65. The van der Waals surface area contributed by atoms with Crippen LogP contribution in [0.3, 0.4) is 0 Å². The van der Waals surface area contributed by atoms with E-state index in [1.54, 1.807) is 36.9 Å². The number of halogens is 1. The molecule has 0 aliphatic heterocycles. The van der Waals surface area contributed by atoms with Gasteiger partial charge < -0.3 is 10.1 Å². The molecule has 2 rings (SSSR count). The van der Waals surface area contributed by atoms with Crippen LogP contribution in [-0.4, -0.2) is 28.3 Å². The first-order valence-electron chi connectivity index (χ1n) is 7.28. The van der Waals surface area contributed by atoms with Gasteiger partial charge in [0.25, 0.3) is 5.91 Å². The third-order valence-electron chi connectivity index (χ3n) is 3.42. The molecule has 0 atom stereocenters. The number of rotatable bonds is 5. The molecule has 1 N–H and O–H groups in total. The smallest absolute Gasteiger partial charge is 0.331 e. The lowest BCUT2D eigenvalue weighted by molar-refractivity contribution is -0.142. The van der Waals surface area contributed by atoms with E-state index in [1.165, 1.54) is 12.2 Å². The number of aromatic nitrogens is 2. The summed E-state index contributed by atoms with van der Waals surface area (Å²) in [6, 6.07) is 7.10. The van der Waals surface area contributed by atoms with E-state index in [0.717, 1.165) is 5.69 Å². The van der Waals surface area contributed by atoms with Crippen LogP contribution in [-0.2, 0) is 21.4 Å². The van der Waals surface area contributed by atoms with Crippen molar-refractivity contribution in [2.45, 2.75) is 13.8 Å². The number of anilines is 1. The summed E-state index contributed by atoms with van der Waals surface area (Å²) in [6.45, 7) is 3.26. The third kappa shape index (κ3) is 4.45. The Morgan fingerprint density at radius 1 is 1.33 bits per heavy atom. The molecule has 6 nitrogen and oxygen atoms in total. The number of carbonyl (C=O) groups is 2. The molecule has 0 aliphatic rings. The first-order chi connectivity index (χ1) is 11.4. The van der Waals surface area contributed by atoms with Crippen LogP contribution in [0.5, 0.6) is 0 Å². The van der Waals surface area contributed by atoms with Crippen LogP contribution in [0.15, 0.2) is 30.3 Å². The van der Waals surface area contributed by atoms with Gasteiger partial charge in [0.05, 0.1) is 17.1 Å². The highest BCUT2D eigenvalue weighted by atomic mass is 35.5. The largest absolute Gasteiger partial charge is 0.452 e. The lowest BCUT2D eigenvalue weighted by atomic mass is 10.2. The summed E-state index contributed by atoms with van der Waals surface area (Å²) in [5, 5.41) is 7.42. The molecule has 0 spiro atoms. The lowest BCUT2D eigenvalue weighted by Gasteiger charge is -2.05. The van der Waals surface area contributed by atoms with Gasteiger partial charge in [-0.05, 0) is 31.6 Å². The van der Waals surface area contributed by atoms with Gasteiger partial charge in [-0.1, -0.05) is 29.8 Å². The van der Waals surface area contributed by atoms with E-state index >= 15 is 0 Å². The average Bonchev–Trinajstić information content (AvgIpc) is 2.78. The second kappa shape index (κ2) is 7.79. The predicted octanol–water partition coefficient (Wildman–Crippen LogP) is 2.89. The van der Waals surface area contributed by atoms with Crippen LogP contribution in [0.2, 0.25) is 5.02 Å². The minimum Gasteiger partial charge on any atom is -0.452 e. The molecule has 7 heteroatoms. The van der Waals surface area contributed by atoms with Gasteiger partial charge in [0.1, 0.15) is 0 Å². The summed E-state index contributed by atoms with van der Waals surface area (Å²) in [5.41, 5.74) is 2.85. The summed E-state index contributed by atoms with van der Waals surface area (Å²) in [7, 11) is 1.79. The maximum atomic E-state index is 11.9. The topological polar surface area (TPSA) is 73.2 Å². The fourth-order valence-corrected chi connectivity index (χ4v) is 2.28. The van der Waals surface area contributed by atoms with Crippen molar-refractivity contribution in [3.05, 3.63) is 52.3 Å². The van der Waals surface area contributed by atoms with Crippen molar-refractivity contribution in [3.63, 3.8) is 0 Å². The number of esters is 1. The van der Waals surface area contributed by atoms with Crippen molar-refractivity contribution in [3.8, 4) is 0 Å². The van der Waals surface area contributed by atoms with E-state index in [-0.39, 0.29) is 6.61 Å². The Labute approximate surface area is 145 Å². The Kier molecular flexibility index (Phi) is 5.76. The van der Waals surface area contributed by atoms with Gasteiger partial charge in [0, 0.05) is 18.1 Å². The zero-order chi connectivity index (χ0) is 17.7. The zero-order valence-electron chi connectivity index (χ0n) is 13.7. The zero-order valence-corrected chi connectivity index (χ0v) is 14.4. The Morgan fingerprint density at radius 2 is 2.04 bits per heavy atom. The molecule has 0 bridgehead atoms. The van der Waals surface area contributed by atoms with Gasteiger partial charge >= 0.3 is 5.97 Å². The fraction of sp³-hybridized carbons (Fsp3) is 0.235. The van der Waals surface area contributed by atoms with E-state index in [2.05, 4.69) is 10.4 Å². The molecule has 0 saturated heterocycles. The van der Waals surface area contributed by atoms with Crippen molar-refractivity contribution in [2.75, 3.05) is 11.9 Å². The number of hydrogen-bond acceptors (Lipinski definition) is 4. The van der Waals surface area contributed by atoms with Gasteiger partial charge in [0.2, 0.25) is 0 Å². The molecule has 1 aromatic carbocycles. The average molecular weight is 348 g/mol. The SMILES string of the molecule is Cc1nn(C)c(C)c1NC(=O)COC(=O)/C=C/c1ccccc1Cl. The normalized spacial score (nSPS) is 10.8. The fourth-order valence-electron chi connectivity index (χ4n) is 2.08. The van der Waals surface area contributed by atoms with E-state index < -0.39 is 11.9 Å². The van der Waals surface area contributed by atoms with E-state index in [0.29, 0.717) is 22.0 Å². The third-order valence-corrected chi connectivity index (χ3v) is 3.77. The highest BCUT2D eigenvalue weighted by Crippen LogP contribution is 2.18. The van der Waals surface area contributed by atoms with Crippen molar-refractivity contribution >= 4 is 35.2 Å². The molecular formula is C17H18ClN3O3. The Bertz CT molecular complexity index is 796. The second-order valence-electron chi connectivity index (χ2n) is 5.18. The summed E-state index contributed by atoms with van der Waals surface area (Å²) < 4.78 is 6.59. The summed E-state index contributed by atoms with van der Waals surface area (Å²) in [4.78, 5) is 23.6. The molecule has 0 unspecified atom stereocenters. The van der Waals surface area contributed by atoms with E-state index in [4.69, 9.17) is 16.3 Å². The molecule has 2 aromatic rings. The monoisotopic (exact) mass is 347 g/mol. The van der Waals surface area contributed by atoms with Crippen LogP contribution in [0.1, 0.15) is 17.0 Å². The van der Waals surface area contributed by atoms with Gasteiger partial charge in [-0.3, -0.25) is 9.48 Å². The second-order valence-corrected chi connectivity index (χ2v) is 5.59. The molecule has 0 aliphatic carbocycles. The van der Waals surface area contributed by atoms with Crippen molar-refractivity contribution in [2.24, 2.45) is 7.05 Å². The number of carbonyl (C=O) groups excluding carboxylic acids is 2. The number of hydrogen-bond donors (Lipinski definition) is 1. The van der Waals surface area contributed by atoms with Crippen LogP contribution in [0.25, 0.3) is 6.08 Å². The van der Waals surface area contributed by atoms with Crippen LogP contribution < -0.4 is 5.32 Å². The molecule has 126 valence electrons. The summed E-state index contributed by atoms with van der Waals surface area (Å²) >= 11 is 5.98. The molecule has 0 saturated carbocycles. The molecule has 0 radical (unpaired) electrons. The molecule has 1 heterocycles. The van der Waals surface area contributed by atoms with Crippen LogP contribution >= 0.6 is 11.6 Å². The molecular weight excluding hydrogens is 330 g/mol. The van der Waals surface area contributed by atoms with Gasteiger partial charge in [-0.25, -0.2) is 4.79 Å². The van der Waals surface area contributed by atoms with Crippen LogP contribution in [0, 0.1) is 13.8 Å². The quantitative estimate of drug-likeness (QED) is 0.666. The van der Waals surface area contributed by atoms with Crippen molar-refractivity contribution in [1.29, 1.82) is 0 Å². The Hall–Kier alpha value is -2.60. The van der Waals surface area contributed by atoms with E-state index in [1.807, 2.05) is 13.0 Å². The number of ether oxygens (including phenoxy) is 1. The van der Waals surface area contributed by atoms with E-state index in [9.17, 15) is 9.59 Å². The highest BCUT2D eigenvalue weighted by Gasteiger charge is 2.13. The number of nitrogens with one attached hydrogen (secondary N) is 1. The van der Waals surface area contributed by atoms with Crippen LogP contribution in [0.4, 0.5) is 5.69 Å². The summed E-state index contributed by atoms with van der Waals surface area (Å²) in [5.74, 6) is -1.04. The van der Waals surface area contributed by atoms with Gasteiger partial charge in [-0.2, -0.15) is 5.10 Å². The predicted molar refractivity (Wildman–Crippen MR) is 92.8 cm³/mol. The highest BCUT2D eigenvalue weighted by molar-refractivity contribution is 6.32. The minimum absolute atomic E-state index is 0.376. The maximum absolute atomic E-state index is 11.9. The van der Waals surface area contributed by atoms with Crippen molar-refractivity contribution in [1.82, 2.24) is 9.78 Å². The van der Waals surface area contributed by atoms with Gasteiger partial charge in [-0.15, -0.1) is 0 Å². The number of nitrogens with zero attached hydrogens (tertiary/aromatic N) is 2. The number of aryl methyl sites for hydroxylation is 2. The Balaban J connectivity index is 1.87. The standard InChI is InChI=1S/C17H18ClN3O3/c1-11-17(12(2)21(3)20-11)19-15(22)10-24-16(23)9-8-13-6-4-5-7-14(13)18/h4-9H,10H2,1-3H3,(H,19,22)/b9-8+. The molecule has 0 fully saturated rings. The lowest BCUT2D eigenvalue weighted by Crippen LogP contribution is -2.20. The van der Waals surface area contributed by atoms with Gasteiger partial charge in [0.15, 0.2) is 6.61 Å². The maximum Gasteiger partial charge on any atom is 0.331 e. The number of benzene rings is 1.